The summed E-state index contributed by atoms with van der Waals surface area (Å²) in [5.41, 5.74) is 5.75. The van der Waals surface area contributed by atoms with Gasteiger partial charge in [-0.15, -0.1) is 0 Å². The van der Waals surface area contributed by atoms with E-state index in [9.17, 15) is 0 Å². The summed E-state index contributed by atoms with van der Waals surface area (Å²) >= 11 is 0. The van der Waals surface area contributed by atoms with Gasteiger partial charge in [0, 0.05) is 13.1 Å². The molecule has 2 rings (SSSR count). The van der Waals surface area contributed by atoms with Crippen molar-refractivity contribution in [3.05, 3.63) is 12.4 Å². The highest BCUT2D eigenvalue weighted by atomic mass is 16.5. The molecule has 1 aromatic heterocycles. The smallest absolute Gasteiger partial charge is 0.234 e. The highest BCUT2D eigenvalue weighted by Gasteiger charge is 2.23. The molecule has 100 valence electrons. The van der Waals surface area contributed by atoms with Gasteiger partial charge in [-0.1, -0.05) is 0 Å². The summed E-state index contributed by atoms with van der Waals surface area (Å²) in [6, 6.07) is 0.155. The van der Waals surface area contributed by atoms with Crippen molar-refractivity contribution >= 4 is 5.82 Å². The molecule has 0 saturated carbocycles. The Morgan fingerprint density at radius 2 is 2.39 bits per heavy atom. The minimum absolute atomic E-state index is 0.0875. The molecule has 2 N–H and O–H groups in total. The third-order valence-corrected chi connectivity index (χ3v) is 2.75. The van der Waals surface area contributed by atoms with Gasteiger partial charge in [-0.2, -0.15) is 4.98 Å². The van der Waals surface area contributed by atoms with E-state index >= 15 is 0 Å². The van der Waals surface area contributed by atoms with Crippen LogP contribution in [0.2, 0.25) is 0 Å². The summed E-state index contributed by atoms with van der Waals surface area (Å²) in [5, 5.41) is 0. The predicted molar refractivity (Wildman–Crippen MR) is 68.8 cm³/mol. The number of morpholine rings is 1. The molecule has 0 amide bonds. The fourth-order valence-corrected chi connectivity index (χ4v) is 1.93. The zero-order chi connectivity index (χ0) is 13.0. The molecule has 6 heteroatoms. The van der Waals surface area contributed by atoms with Crippen LogP contribution < -0.4 is 15.4 Å². The lowest BCUT2D eigenvalue weighted by molar-refractivity contribution is 0.0956. The van der Waals surface area contributed by atoms with E-state index in [1.807, 2.05) is 13.8 Å². The maximum absolute atomic E-state index is 5.75. The molecular formula is C12H20N4O2. The lowest BCUT2D eigenvalue weighted by Gasteiger charge is -2.35. The Bertz CT molecular complexity index is 386. The van der Waals surface area contributed by atoms with Gasteiger partial charge in [0.1, 0.15) is 0 Å². The zero-order valence-electron chi connectivity index (χ0n) is 10.9. The Hall–Kier alpha value is -1.40. The van der Waals surface area contributed by atoms with Crippen LogP contribution in [0, 0.1) is 0 Å². The van der Waals surface area contributed by atoms with Crippen LogP contribution in [0.5, 0.6) is 5.88 Å². The van der Waals surface area contributed by atoms with Crippen molar-refractivity contribution in [3.8, 4) is 5.88 Å². The van der Waals surface area contributed by atoms with Crippen LogP contribution in [0.4, 0.5) is 5.82 Å². The summed E-state index contributed by atoms with van der Waals surface area (Å²) in [6.07, 6.45) is 3.45. The van der Waals surface area contributed by atoms with Gasteiger partial charge in [-0.05, 0) is 13.8 Å². The summed E-state index contributed by atoms with van der Waals surface area (Å²) < 4.78 is 11.0. The van der Waals surface area contributed by atoms with E-state index < -0.39 is 0 Å². The Morgan fingerprint density at radius 1 is 1.56 bits per heavy atom. The number of nitrogens with zero attached hydrogens (tertiary/aromatic N) is 3. The summed E-state index contributed by atoms with van der Waals surface area (Å²) in [7, 11) is 0. The van der Waals surface area contributed by atoms with E-state index in [1.54, 1.807) is 12.4 Å². The molecule has 1 atom stereocenters. The van der Waals surface area contributed by atoms with E-state index in [4.69, 9.17) is 15.2 Å². The topological polar surface area (TPSA) is 73.5 Å². The molecule has 0 radical (unpaired) electrons. The molecular weight excluding hydrogens is 232 g/mol. The van der Waals surface area contributed by atoms with Crippen LogP contribution in [0.15, 0.2) is 12.4 Å². The van der Waals surface area contributed by atoms with Crippen LogP contribution in [-0.4, -0.2) is 48.4 Å². The SMILES string of the molecule is CC(C)Oc1cncc(N2CCOCC2CN)n1. The molecule has 0 bridgehead atoms. The number of hydrogen-bond acceptors (Lipinski definition) is 6. The second kappa shape index (κ2) is 5.97. The van der Waals surface area contributed by atoms with Crippen molar-refractivity contribution in [2.24, 2.45) is 5.73 Å². The van der Waals surface area contributed by atoms with E-state index in [1.165, 1.54) is 0 Å². The van der Waals surface area contributed by atoms with E-state index in [0.717, 1.165) is 12.4 Å². The lowest BCUT2D eigenvalue weighted by atomic mass is 10.2. The van der Waals surface area contributed by atoms with E-state index in [2.05, 4.69) is 14.9 Å². The Kier molecular flexibility index (Phi) is 4.33. The Morgan fingerprint density at radius 3 is 3.11 bits per heavy atom. The first-order valence-electron chi connectivity index (χ1n) is 6.24. The number of rotatable bonds is 4. The number of ether oxygens (including phenoxy) is 2. The second-order valence-corrected chi connectivity index (χ2v) is 4.54. The Labute approximate surface area is 107 Å². The van der Waals surface area contributed by atoms with Crippen molar-refractivity contribution in [2.45, 2.75) is 26.0 Å². The molecule has 1 unspecified atom stereocenters. The maximum atomic E-state index is 5.75. The largest absolute Gasteiger partial charge is 0.474 e. The minimum Gasteiger partial charge on any atom is -0.474 e. The van der Waals surface area contributed by atoms with Crippen LogP contribution in [-0.2, 0) is 4.74 Å². The van der Waals surface area contributed by atoms with Crippen LogP contribution in [0.25, 0.3) is 0 Å². The van der Waals surface area contributed by atoms with Crippen molar-refractivity contribution < 1.29 is 9.47 Å². The molecule has 2 heterocycles. The first-order chi connectivity index (χ1) is 8.70. The number of nitrogens with two attached hydrogens (primary N) is 1. The van der Waals surface area contributed by atoms with Crippen molar-refractivity contribution in [2.75, 3.05) is 31.2 Å². The average molecular weight is 252 g/mol. The molecule has 0 spiro atoms. The zero-order valence-corrected chi connectivity index (χ0v) is 10.9. The molecule has 6 nitrogen and oxygen atoms in total. The molecule has 0 aromatic carbocycles. The third kappa shape index (κ3) is 3.08. The second-order valence-electron chi connectivity index (χ2n) is 4.54. The monoisotopic (exact) mass is 252 g/mol. The number of aromatic nitrogens is 2. The molecule has 1 fully saturated rings. The fourth-order valence-electron chi connectivity index (χ4n) is 1.93. The summed E-state index contributed by atoms with van der Waals surface area (Å²) in [6.45, 7) is 6.57. The van der Waals surface area contributed by atoms with E-state index in [-0.39, 0.29) is 12.1 Å². The molecule has 1 saturated heterocycles. The highest BCUT2D eigenvalue weighted by Crippen LogP contribution is 2.19. The van der Waals surface area contributed by atoms with Crippen LogP contribution >= 0.6 is 0 Å². The van der Waals surface area contributed by atoms with Gasteiger partial charge < -0.3 is 20.1 Å². The maximum Gasteiger partial charge on any atom is 0.234 e. The highest BCUT2D eigenvalue weighted by molar-refractivity contribution is 5.39. The average Bonchev–Trinajstić information content (AvgIpc) is 2.38. The van der Waals surface area contributed by atoms with Crippen LogP contribution in [0.1, 0.15) is 13.8 Å². The first kappa shape index (κ1) is 13.0. The number of hydrogen-bond donors (Lipinski definition) is 1. The molecule has 1 aliphatic heterocycles. The first-order valence-corrected chi connectivity index (χ1v) is 6.24. The van der Waals surface area contributed by atoms with E-state index in [0.29, 0.717) is 25.6 Å². The van der Waals surface area contributed by atoms with Gasteiger partial charge in [-0.25, -0.2) is 0 Å². The van der Waals surface area contributed by atoms with Gasteiger partial charge in [0.15, 0.2) is 5.82 Å². The van der Waals surface area contributed by atoms with Gasteiger partial charge in [0.2, 0.25) is 5.88 Å². The molecule has 1 aliphatic rings. The van der Waals surface area contributed by atoms with Crippen molar-refractivity contribution in [1.82, 2.24) is 9.97 Å². The Balaban J connectivity index is 2.15. The van der Waals surface area contributed by atoms with Gasteiger partial charge in [-0.3, -0.25) is 4.98 Å². The summed E-state index contributed by atoms with van der Waals surface area (Å²) in [5.74, 6) is 1.34. The van der Waals surface area contributed by atoms with Crippen molar-refractivity contribution in [3.63, 3.8) is 0 Å². The fraction of sp³-hybridized carbons (Fsp3) is 0.667. The third-order valence-electron chi connectivity index (χ3n) is 2.75. The van der Waals surface area contributed by atoms with Gasteiger partial charge in [0.25, 0.3) is 0 Å². The summed E-state index contributed by atoms with van der Waals surface area (Å²) in [4.78, 5) is 10.8. The van der Waals surface area contributed by atoms with Crippen LogP contribution in [0.3, 0.4) is 0 Å². The normalized spacial score (nSPS) is 20.2. The lowest BCUT2D eigenvalue weighted by Crippen LogP contribution is -2.49. The quantitative estimate of drug-likeness (QED) is 0.837. The van der Waals surface area contributed by atoms with Crippen molar-refractivity contribution in [1.29, 1.82) is 0 Å². The molecule has 1 aromatic rings. The minimum atomic E-state index is 0.0875. The predicted octanol–water partition coefficient (Wildman–Crippen LogP) is 0.428. The standard InChI is InChI=1S/C12H20N4O2/c1-9(2)18-12-7-14-6-11(15-12)16-3-4-17-8-10(16)5-13/h6-7,9-10H,3-5,8,13H2,1-2H3. The molecule has 18 heavy (non-hydrogen) atoms. The molecule has 0 aliphatic carbocycles. The number of anilines is 1. The van der Waals surface area contributed by atoms with Gasteiger partial charge in [0.05, 0.1) is 37.8 Å². The van der Waals surface area contributed by atoms with Gasteiger partial charge >= 0.3 is 0 Å².